The van der Waals surface area contributed by atoms with Crippen LogP contribution >= 0.6 is 27.5 Å². The average molecular weight is 232 g/mol. The maximum Gasteiger partial charge on any atom is 0.241 e. The van der Waals surface area contributed by atoms with Gasteiger partial charge in [-0.3, -0.25) is 0 Å². The van der Waals surface area contributed by atoms with Crippen LogP contribution in [0.25, 0.3) is 5.52 Å². The molecule has 0 amide bonds. The number of fused-ring (bicyclic) bond motifs is 1. The van der Waals surface area contributed by atoms with Crippen LogP contribution in [0.3, 0.4) is 0 Å². The first-order valence-corrected chi connectivity index (χ1v) is 4.09. The molecular weight excluding hydrogens is 229 g/mol. The zero-order chi connectivity index (χ0) is 7.84. The van der Waals surface area contributed by atoms with Gasteiger partial charge >= 0.3 is 0 Å². The molecule has 2 aromatic heterocycles. The number of nitrogens with zero attached hydrogens (tertiary/aromatic N) is 3. The minimum Gasteiger partial charge on any atom is -0.235 e. The molecule has 0 fully saturated rings. The van der Waals surface area contributed by atoms with Crippen molar-refractivity contribution in [2.24, 2.45) is 0 Å². The summed E-state index contributed by atoms with van der Waals surface area (Å²) in [7, 11) is 0. The van der Waals surface area contributed by atoms with Gasteiger partial charge in [0.1, 0.15) is 0 Å². The number of halogens is 2. The van der Waals surface area contributed by atoms with Crippen LogP contribution in [-0.2, 0) is 0 Å². The predicted octanol–water partition coefficient (Wildman–Crippen LogP) is 2.15. The van der Waals surface area contributed by atoms with E-state index in [0.29, 0.717) is 0 Å². The molecular formula is C6H3BrClN3. The first-order valence-electron chi connectivity index (χ1n) is 2.92. The maximum absolute atomic E-state index is 5.57. The van der Waals surface area contributed by atoms with Gasteiger partial charge in [0.15, 0.2) is 0 Å². The Hall–Kier alpha value is -0.610. The molecule has 0 aliphatic heterocycles. The van der Waals surface area contributed by atoms with Gasteiger partial charge < -0.3 is 0 Å². The summed E-state index contributed by atoms with van der Waals surface area (Å²) in [6, 6.07) is 1.91. The Morgan fingerprint density at radius 1 is 1.55 bits per heavy atom. The van der Waals surface area contributed by atoms with E-state index < -0.39 is 0 Å². The first kappa shape index (κ1) is 7.06. The van der Waals surface area contributed by atoms with Crippen LogP contribution in [0.2, 0.25) is 5.28 Å². The molecule has 2 aromatic rings. The number of rotatable bonds is 0. The van der Waals surface area contributed by atoms with Crippen molar-refractivity contribution in [3.63, 3.8) is 0 Å². The smallest absolute Gasteiger partial charge is 0.235 e. The molecule has 0 aliphatic rings. The summed E-state index contributed by atoms with van der Waals surface area (Å²) in [6.45, 7) is 0. The number of hydrogen-bond acceptors (Lipinski definition) is 2. The van der Waals surface area contributed by atoms with E-state index in [0.717, 1.165) is 9.99 Å². The molecule has 0 N–H and O–H groups in total. The molecule has 2 rings (SSSR count). The minimum absolute atomic E-state index is 0.251. The molecule has 0 atom stereocenters. The van der Waals surface area contributed by atoms with E-state index in [1.165, 1.54) is 0 Å². The SMILES string of the molecule is Clc1ncc2cc(Br)cn2n1. The fourth-order valence-corrected chi connectivity index (χ4v) is 1.41. The summed E-state index contributed by atoms with van der Waals surface area (Å²) in [4.78, 5) is 3.83. The molecule has 0 spiro atoms. The van der Waals surface area contributed by atoms with Crippen molar-refractivity contribution in [2.45, 2.75) is 0 Å². The van der Waals surface area contributed by atoms with Gasteiger partial charge in [-0.2, -0.15) is 0 Å². The van der Waals surface area contributed by atoms with E-state index in [1.54, 1.807) is 10.7 Å². The Bertz CT molecular complexity index is 398. The quantitative estimate of drug-likeness (QED) is 0.697. The third kappa shape index (κ3) is 1.23. The lowest BCUT2D eigenvalue weighted by molar-refractivity contribution is 0.903. The molecule has 0 bridgehead atoms. The standard InChI is InChI=1S/C6H3BrClN3/c7-4-1-5-2-9-6(8)10-11(5)3-4/h1-3H. The topological polar surface area (TPSA) is 30.2 Å². The Morgan fingerprint density at radius 3 is 3.18 bits per heavy atom. The highest BCUT2D eigenvalue weighted by Gasteiger charge is 1.97. The number of hydrogen-bond donors (Lipinski definition) is 0. The molecule has 3 nitrogen and oxygen atoms in total. The lowest BCUT2D eigenvalue weighted by Crippen LogP contribution is -1.90. The van der Waals surface area contributed by atoms with Crippen LogP contribution in [0.15, 0.2) is 22.9 Å². The maximum atomic E-state index is 5.57. The monoisotopic (exact) mass is 231 g/mol. The van der Waals surface area contributed by atoms with Gasteiger partial charge in [-0.05, 0) is 33.6 Å². The van der Waals surface area contributed by atoms with Gasteiger partial charge in [-0.15, -0.1) is 5.10 Å². The fourth-order valence-electron chi connectivity index (χ4n) is 0.853. The first-order chi connectivity index (χ1) is 5.25. The lowest BCUT2D eigenvalue weighted by atomic mass is 10.5. The summed E-state index contributed by atoms with van der Waals surface area (Å²) >= 11 is 8.89. The lowest BCUT2D eigenvalue weighted by Gasteiger charge is -1.90. The van der Waals surface area contributed by atoms with Crippen molar-refractivity contribution in [2.75, 3.05) is 0 Å². The van der Waals surface area contributed by atoms with E-state index in [9.17, 15) is 0 Å². The molecule has 0 saturated carbocycles. The Morgan fingerprint density at radius 2 is 2.36 bits per heavy atom. The van der Waals surface area contributed by atoms with Crippen molar-refractivity contribution < 1.29 is 0 Å². The summed E-state index contributed by atoms with van der Waals surface area (Å²) in [5, 5.41) is 4.19. The van der Waals surface area contributed by atoms with Crippen molar-refractivity contribution in [3.8, 4) is 0 Å². The van der Waals surface area contributed by atoms with Crippen LogP contribution < -0.4 is 0 Å². The zero-order valence-electron chi connectivity index (χ0n) is 5.33. The van der Waals surface area contributed by atoms with Gasteiger partial charge in [0, 0.05) is 10.7 Å². The molecule has 11 heavy (non-hydrogen) atoms. The van der Waals surface area contributed by atoms with E-state index in [2.05, 4.69) is 26.0 Å². The Labute approximate surface area is 76.1 Å². The molecule has 2 heterocycles. The molecule has 0 unspecified atom stereocenters. The predicted molar refractivity (Wildman–Crippen MR) is 45.7 cm³/mol. The van der Waals surface area contributed by atoms with Gasteiger partial charge in [0.25, 0.3) is 0 Å². The van der Waals surface area contributed by atoms with E-state index >= 15 is 0 Å². The third-order valence-corrected chi connectivity index (χ3v) is 1.90. The molecule has 0 radical (unpaired) electrons. The van der Waals surface area contributed by atoms with Crippen molar-refractivity contribution in [3.05, 3.63) is 28.2 Å². The Balaban J connectivity index is 2.82. The molecule has 0 aliphatic carbocycles. The molecule has 0 aromatic carbocycles. The zero-order valence-corrected chi connectivity index (χ0v) is 7.67. The van der Waals surface area contributed by atoms with Crippen LogP contribution in [0.4, 0.5) is 0 Å². The van der Waals surface area contributed by atoms with Gasteiger partial charge in [0.05, 0.1) is 11.7 Å². The van der Waals surface area contributed by atoms with Crippen LogP contribution in [0.1, 0.15) is 0 Å². The Kier molecular flexibility index (Phi) is 1.58. The molecule has 56 valence electrons. The highest BCUT2D eigenvalue weighted by Crippen LogP contribution is 2.14. The van der Waals surface area contributed by atoms with Crippen molar-refractivity contribution in [1.29, 1.82) is 0 Å². The van der Waals surface area contributed by atoms with E-state index in [-0.39, 0.29) is 5.28 Å². The highest BCUT2D eigenvalue weighted by atomic mass is 79.9. The summed E-state index contributed by atoms with van der Waals surface area (Å²) in [5.74, 6) is 0. The minimum atomic E-state index is 0.251. The third-order valence-electron chi connectivity index (χ3n) is 1.29. The highest BCUT2D eigenvalue weighted by molar-refractivity contribution is 9.10. The van der Waals surface area contributed by atoms with E-state index in [4.69, 9.17) is 11.6 Å². The van der Waals surface area contributed by atoms with Crippen LogP contribution in [0.5, 0.6) is 0 Å². The molecule has 5 heteroatoms. The second kappa shape index (κ2) is 2.46. The second-order valence-corrected chi connectivity index (χ2v) is 3.31. The normalized spacial score (nSPS) is 10.7. The average Bonchev–Trinajstić information content (AvgIpc) is 2.27. The van der Waals surface area contributed by atoms with Crippen molar-refractivity contribution >= 4 is 33.0 Å². The second-order valence-electron chi connectivity index (χ2n) is 2.05. The van der Waals surface area contributed by atoms with Crippen LogP contribution in [0, 0.1) is 0 Å². The van der Waals surface area contributed by atoms with Gasteiger partial charge in [-0.1, -0.05) is 0 Å². The molecule has 0 saturated heterocycles. The number of aromatic nitrogens is 3. The van der Waals surface area contributed by atoms with E-state index in [1.807, 2.05) is 12.3 Å². The van der Waals surface area contributed by atoms with Gasteiger partial charge in [-0.25, -0.2) is 9.50 Å². The summed E-state index contributed by atoms with van der Waals surface area (Å²) in [6.07, 6.45) is 3.49. The van der Waals surface area contributed by atoms with Gasteiger partial charge in [0.2, 0.25) is 5.28 Å². The summed E-state index contributed by atoms with van der Waals surface area (Å²) < 4.78 is 2.63. The van der Waals surface area contributed by atoms with Crippen LogP contribution in [-0.4, -0.2) is 14.6 Å². The largest absolute Gasteiger partial charge is 0.241 e. The fraction of sp³-hybridized carbons (Fsp3) is 0. The summed E-state index contributed by atoms with van der Waals surface area (Å²) in [5.41, 5.74) is 0.918. The van der Waals surface area contributed by atoms with Crippen molar-refractivity contribution in [1.82, 2.24) is 14.6 Å².